The summed E-state index contributed by atoms with van der Waals surface area (Å²) in [5.41, 5.74) is 0.492. The van der Waals surface area contributed by atoms with E-state index in [-0.39, 0.29) is 35.7 Å². The number of Topliss-reactive ketones (excluding diaryl/α,β-unsaturated/α-hetero) is 1. The van der Waals surface area contributed by atoms with Gasteiger partial charge >= 0.3 is 0 Å². The summed E-state index contributed by atoms with van der Waals surface area (Å²) in [4.78, 5) is 27.3. The van der Waals surface area contributed by atoms with E-state index in [4.69, 9.17) is 9.47 Å². The number of likely N-dealkylation sites (tertiary alicyclic amines) is 1. The van der Waals surface area contributed by atoms with Crippen molar-refractivity contribution in [2.75, 3.05) is 46.6 Å². The van der Waals surface area contributed by atoms with Crippen molar-refractivity contribution in [2.45, 2.75) is 17.4 Å². The number of aliphatic hydroxyl groups excluding tert-OH is 1. The fraction of sp³-hybridized carbons (Fsp3) is 0.360. The molecule has 1 amide bonds. The lowest BCUT2D eigenvalue weighted by Crippen LogP contribution is -2.40. The van der Waals surface area contributed by atoms with Crippen molar-refractivity contribution < 1.29 is 37.0 Å². The number of carbonyl (C=O) groups is 2. The van der Waals surface area contributed by atoms with Gasteiger partial charge in [-0.15, -0.1) is 0 Å². The van der Waals surface area contributed by atoms with E-state index >= 15 is 0 Å². The Bertz CT molecular complexity index is 1250. The standard InChI is InChI=1S/C25H27FN2O7S/c1-34-14-2-11-28-22(17-3-7-19(26)8-4-17)21(24(30)25(28)31)23(29)18-5-9-20(10-6-18)36(32,33)27-12-15-35-16-13-27/h3-10,22,29H,2,11-16H2,1H3/b23-21+/t22-/m1/s1. The molecule has 0 aliphatic carbocycles. The smallest absolute Gasteiger partial charge is 0.295 e. The number of hydrogen-bond acceptors (Lipinski definition) is 7. The summed E-state index contributed by atoms with van der Waals surface area (Å²) in [6.45, 7) is 1.66. The maximum atomic E-state index is 13.6. The van der Waals surface area contributed by atoms with Crippen LogP contribution in [0.15, 0.2) is 59.0 Å². The molecule has 2 aliphatic rings. The molecule has 11 heteroatoms. The van der Waals surface area contributed by atoms with E-state index < -0.39 is 39.3 Å². The van der Waals surface area contributed by atoms with Crippen molar-refractivity contribution >= 4 is 27.5 Å². The maximum Gasteiger partial charge on any atom is 0.295 e. The highest BCUT2D eigenvalue weighted by Gasteiger charge is 2.45. The van der Waals surface area contributed by atoms with Crippen molar-refractivity contribution in [2.24, 2.45) is 0 Å². The number of benzene rings is 2. The van der Waals surface area contributed by atoms with Gasteiger partial charge in [0.2, 0.25) is 10.0 Å². The number of methoxy groups -OCH3 is 1. The van der Waals surface area contributed by atoms with Gasteiger partial charge < -0.3 is 19.5 Å². The molecule has 0 radical (unpaired) electrons. The lowest BCUT2D eigenvalue weighted by atomic mass is 9.95. The zero-order valence-electron chi connectivity index (χ0n) is 19.7. The molecule has 1 N–H and O–H groups in total. The molecule has 2 aromatic rings. The summed E-state index contributed by atoms with van der Waals surface area (Å²) < 4.78 is 51.0. The molecule has 2 aliphatic heterocycles. The van der Waals surface area contributed by atoms with Gasteiger partial charge in [0, 0.05) is 38.9 Å². The van der Waals surface area contributed by atoms with Gasteiger partial charge in [0.1, 0.15) is 11.6 Å². The van der Waals surface area contributed by atoms with E-state index in [0.717, 1.165) is 0 Å². The Kier molecular flexibility index (Phi) is 7.84. The van der Waals surface area contributed by atoms with Crippen molar-refractivity contribution in [3.05, 3.63) is 71.0 Å². The highest BCUT2D eigenvalue weighted by molar-refractivity contribution is 7.89. The average molecular weight is 519 g/mol. The summed E-state index contributed by atoms with van der Waals surface area (Å²) >= 11 is 0. The normalized spacial score (nSPS) is 20.7. The number of nitrogens with zero attached hydrogens (tertiary/aromatic N) is 2. The molecule has 9 nitrogen and oxygen atoms in total. The molecule has 0 spiro atoms. The number of morpholine rings is 1. The molecule has 0 unspecified atom stereocenters. The molecule has 192 valence electrons. The Morgan fingerprint density at radius 1 is 1.08 bits per heavy atom. The summed E-state index contributed by atoms with van der Waals surface area (Å²) in [6.07, 6.45) is 0.454. The van der Waals surface area contributed by atoms with Crippen LogP contribution < -0.4 is 0 Å². The largest absolute Gasteiger partial charge is 0.507 e. The van der Waals surface area contributed by atoms with Crippen LogP contribution in [0.5, 0.6) is 0 Å². The average Bonchev–Trinajstić information content (AvgIpc) is 3.14. The van der Waals surface area contributed by atoms with Crippen molar-refractivity contribution in [1.82, 2.24) is 9.21 Å². The van der Waals surface area contributed by atoms with Gasteiger partial charge in [-0.2, -0.15) is 4.31 Å². The monoisotopic (exact) mass is 518 g/mol. The van der Waals surface area contributed by atoms with Crippen LogP contribution in [0.2, 0.25) is 0 Å². The molecule has 1 atom stereocenters. The number of hydrogen-bond donors (Lipinski definition) is 1. The first-order valence-corrected chi connectivity index (χ1v) is 12.9. The number of carbonyl (C=O) groups excluding carboxylic acids is 2. The number of aliphatic hydroxyl groups is 1. The highest BCUT2D eigenvalue weighted by atomic mass is 32.2. The first-order valence-electron chi connectivity index (χ1n) is 11.5. The van der Waals surface area contributed by atoms with Crippen LogP contribution in [-0.4, -0.2) is 81.0 Å². The van der Waals surface area contributed by atoms with Crippen LogP contribution in [-0.2, 0) is 29.1 Å². The van der Waals surface area contributed by atoms with E-state index in [1.165, 1.54) is 64.8 Å². The van der Waals surface area contributed by atoms with Crippen LogP contribution in [0.4, 0.5) is 4.39 Å². The minimum absolute atomic E-state index is 0.0380. The molecular weight excluding hydrogens is 491 g/mol. The zero-order chi connectivity index (χ0) is 25.9. The molecular formula is C25H27FN2O7S. The first-order chi connectivity index (χ1) is 17.3. The molecule has 2 saturated heterocycles. The van der Waals surface area contributed by atoms with Gasteiger partial charge in [-0.1, -0.05) is 12.1 Å². The van der Waals surface area contributed by atoms with E-state index in [2.05, 4.69) is 0 Å². The summed E-state index contributed by atoms with van der Waals surface area (Å²) in [5.74, 6) is -2.57. The van der Waals surface area contributed by atoms with Crippen molar-refractivity contribution in [1.29, 1.82) is 0 Å². The third-order valence-electron chi connectivity index (χ3n) is 6.21. The van der Waals surface area contributed by atoms with Gasteiger partial charge in [-0.3, -0.25) is 9.59 Å². The van der Waals surface area contributed by atoms with Gasteiger partial charge in [-0.05, 0) is 48.4 Å². The summed E-state index contributed by atoms with van der Waals surface area (Å²) in [5, 5.41) is 11.1. The Balaban J connectivity index is 1.71. The molecule has 2 aromatic carbocycles. The van der Waals surface area contributed by atoms with Crippen LogP contribution >= 0.6 is 0 Å². The molecule has 0 aromatic heterocycles. The first kappa shape index (κ1) is 26.0. The van der Waals surface area contributed by atoms with Crippen molar-refractivity contribution in [3.63, 3.8) is 0 Å². The minimum Gasteiger partial charge on any atom is -0.507 e. The number of rotatable bonds is 8. The molecule has 36 heavy (non-hydrogen) atoms. The van der Waals surface area contributed by atoms with Crippen LogP contribution in [0.1, 0.15) is 23.6 Å². The molecule has 2 fully saturated rings. The van der Waals surface area contributed by atoms with Crippen LogP contribution in [0.3, 0.4) is 0 Å². The Morgan fingerprint density at radius 2 is 1.72 bits per heavy atom. The topological polar surface area (TPSA) is 113 Å². The fourth-order valence-electron chi connectivity index (χ4n) is 4.36. The predicted octanol–water partition coefficient (Wildman–Crippen LogP) is 2.30. The number of halogens is 1. The predicted molar refractivity (Wildman–Crippen MR) is 128 cm³/mol. The van der Waals surface area contributed by atoms with Gasteiger partial charge in [0.15, 0.2) is 0 Å². The second-order valence-corrected chi connectivity index (χ2v) is 10.4. The third kappa shape index (κ3) is 5.05. The Labute approximate surface area is 208 Å². The second-order valence-electron chi connectivity index (χ2n) is 8.43. The number of ether oxygens (including phenoxy) is 2. The lowest BCUT2D eigenvalue weighted by Gasteiger charge is -2.26. The third-order valence-corrected chi connectivity index (χ3v) is 8.12. The maximum absolute atomic E-state index is 13.6. The lowest BCUT2D eigenvalue weighted by molar-refractivity contribution is -0.140. The highest BCUT2D eigenvalue weighted by Crippen LogP contribution is 2.39. The van der Waals surface area contributed by atoms with E-state index in [1.807, 2.05) is 0 Å². The molecule has 4 rings (SSSR count). The second kappa shape index (κ2) is 10.9. The quantitative estimate of drug-likeness (QED) is 0.247. The van der Waals surface area contributed by atoms with Crippen LogP contribution in [0.25, 0.3) is 5.76 Å². The van der Waals surface area contributed by atoms with E-state index in [1.54, 1.807) is 0 Å². The number of sulfonamides is 1. The summed E-state index contributed by atoms with van der Waals surface area (Å²) in [7, 11) is -2.22. The number of amides is 1. The van der Waals surface area contributed by atoms with E-state index in [9.17, 15) is 27.5 Å². The SMILES string of the molecule is COCCCN1C(=O)C(=O)/C(=C(/O)c2ccc(S(=O)(=O)N3CCOCC3)cc2)[C@H]1c1ccc(F)cc1. The molecule has 0 saturated carbocycles. The van der Waals surface area contributed by atoms with E-state index in [0.29, 0.717) is 31.8 Å². The fourth-order valence-corrected chi connectivity index (χ4v) is 5.77. The Hall–Kier alpha value is -3.12. The van der Waals surface area contributed by atoms with Gasteiger partial charge in [0.05, 0.1) is 29.7 Å². The molecule has 2 heterocycles. The molecule has 0 bridgehead atoms. The van der Waals surface area contributed by atoms with Crippen LogP contribution in [0, 0.1) is 5.82 Å². The minimum atomic E-state index is -3.74. The van der Waals surface area contributed by atoms with Gasteiger partial charge in [0.25, 0.3) is 11.7 Å². The number of ketones is 1. The zero-order valence-corrected chi connectivity index (χ0v) is 20.5. The summed E-state index contributed by atoms with van der Waals surface area (Å²) in [6, 6.07) is 9.90. The Morgan fingerprint density at radius 3 is 2.33 bits per heavy atom. The van der Waals surface area contributed by atoms with Gasteiger partial charge in [-0.25, -0.2) is 12.8 Å². The van der Waals surface area contributed by atoms with Crippen molar-refractivity contribution in [3.8, 4) is 0 Å².